The van der Waals surface area contributed by atoms with Crippen LogP contribution in [0.3, 0.4) is 0 Å². The van der Waals surface area contributed by atoms with Crippen LogP contribution >= 0.6 is 11.6 Å². The molecule has 0 aromatic heterocycles. The highest BCUT2D eigenvalue weighted by Gasteiger charge is 2.10. The number of alkyl halides is 1. The molecule has 108 valence electrons. The van der Waals surface area contributed by atoms with Gasteiger partial charge >= 0.3 is 0 Å². The van der Waals surface area contributed by atoms with Gasteiger partial charge in [-0.25, -0.2) is 0 Å². The third-order valence-electron chi connectivity index (χ3n) is 3.50. The van der Waals surface area contributed by atoms with Crippen LogP contribution in [0.4, 0.5) is 0 Å². The number of halogens is 1. The number of nitrogens with zero attached hydrogens (tertiary/aromatic N) is 1. The van der Waals surface area contributed by atoms with E-state index < -0.39 is 0 Å². The van der Waals surface area contributed by atoms with Gasteiger partial charge in [0.25, 0.3) is 0 Å². The van der Waals surface area contributed by atoms with Gasteiger partial charge in [-0.2, -0.15) is 0 Å². The normalized spacial score (nSPS) is 14.9. The average Bonchev–Trinajstić information content (AvgIpc) is 2.96. The van der Waals surface area contributed by atoms with Crippen LogP contribution in [-0.4, -0.2) is 37.0 Å². The zero-order chi connectivity index (χ0) is 14.2. The third-order valence-corrected chi connectivity index (χ3v) is 3.63. The Bertz CT molecular complexity index is 483. The van der Waals surface area contributed by atoms with E-state index in [2.05, 4.69) is 35.8 Å². The monoisotopic (exact) mass is 291 g/mol. The van der Waals surface area contributed by atoms with Crippen LogP contribution < -0.4 is 4.74 Å². The molecule has 0 aliphatic carbocycles. The quantitative estimate of drug-likeness (QED) is 0.468. The summed E-state index contributed by atoms with van der Waals surface area (Å²) in [5.74, 6) is 7.18. The van der Waals surface area contributed by atoms with Crippen molar-refractivity contribution in [3.05, 3.63) is 29.3 Å². The number of aryl methyl sites for hydroxylation is 1. The summed E-state index contributed by atoms with van der Waals surface area (Å²) < 4.78 is 5.88. The van der Waals surface area contributed by atoms with Gasteiger partial charge in [0.05, 0.1) is 18.1 Å². The lowest BCUT2D eigenvalue weighted by molar-refractivity contribution is 0.263. The average molecular weight is 292 g/mol. The molecule has 0 unspecified atom stereocenters. The van der Waals surface area contributed by atoms with Gasteiger partial charge in [-0.15, -0.1) is 11.6 Å². The van der Waals surface area contributed by atoms with Crippen molar-refractivity contribution in [1.82, 2.24) is 4.90 Å². The molecule has 0 N–H and O–H groups in total. The molecule has 1 aromatic carbocycles. The molecule has 0 saturated carbocycles. The fraction of sp³-hybridized carbons (Fsp3) is 0.529. The predicted octanol–water partition coefficient (Wildman–Crippen LogP) is 3.45. The molecular weight excluding hydrogens is 270 g/mol. The van der Waals surface area contributed by atoms with Crippen molar-refractivity contribution in [2.45, 2.75) is 26.2 Å². The second-order valence-electron chi connectivity index (χ2n) is 5.19. The Morgan fingerprint density at radius 2 is 2.10 bits per heavy atom. The van der Waals surface area contributed by atoms with Gasteiger partial charge in [0.2, 0.25) is 0 Å². The summed E-state index contributed by atoms with van der Waals surface area (Å²) in [5, 5.41) is 0. The summed E-state index contributed by atoms with van der Waals surface area (Å²) in [6.07, 6.45) is 3.75. The molecule has 0 radical (unpaired) electrons. The van der Waals surface area contributed by atoms with Crippen molar-refractivity contribution in [1.29, 1.82) is 0 Å². The summed E-state index contributed by atoms with van der Waals surface area (Å²) in [4.78, 5) is 2.51. The number of hydrogen-bond acceptors (Lipinski definition) is 2. The van der Waals surface area contributed by atoms with E-state index in [1.165, 1.54) is 31.5 Å². The minimum absolute atomic E-state index is 0.350. The Morgan fingerprint density at radius 1 is 1.30 bits per heavy atom. The second kappa shape index (κ2) is 8.19. The molecule has 0 spiro atoms. The van der Waals surface area contributed by atoms with Crippen molar-refractivity contribution in [3.8, 4) is 17.6 Å². The van der Waals surface area contributed by atoms with Gasteiger partial charge in [0.15, 0.2) is 0 Å². The molecule has 1 aliphatic rings. The predicted molar refractivity (Wildman–Crippen MR) is 84.6 cm³/mol. The smallest absolute Gasteiger partial charge is 0.134 e. The molecule has 2 nitrogen and oxygen atoms in total. The maximum absolute atomic E-state index is 5.88. The molecule has 0 amide bonds. The highest BCUT2D eigenvalue weighted by atomic mass is 35.5. The van der Waals surface area contributed by atoms with Crippen molar-refractivity contribution in [2.75, 3.05) is 32.1 Å². The maximum atomic E-state index is 5.88. The van der Waals surface area contributed by atoms with E-state index in [9.17, 15) is 0 Å². The first-order valence-corrected chi connectivity index (χ1v) is 7.83. The van der Waals surface area contributed by atoms with Crippen molar-refractivity contribution >= 4 is 11.6 Å². The minimum atomic E-state index is 0.350. The number of hydrogen-bond donors (Lipinski definition) is 0. The van der Waals surface area contributed by atoms with Crippen LogP contribution in [0.2, 0.25) is 0 Å². The van der Waals surface area contributed by atoms with Gasteiger partial charge in [-0.05, 0) is 57.0 Å². The molecule has 1 aromatic rings. The summed E-state index contributed by atoms with van der Waals surface area (Å²) in [5.41, 5.74) is 2.13. The van der Waals surface area contributed by atoms with E-state index in [1.54, 1.807) is 0 Å². The standard InChI is InChI=1S/C17H22ClNO/c1-15-7-8-17(16(14-15)6-4-9-18)20-13-5-12-19-10-2-3-11-19/h7-8,14H,2-3,5,9-13H2,1H3. The Hall–Kier alpha value is -1.17. The van der Waals surface area contributed by atoms with Crippen LogP contribution in [0.25, 0.3) is 0 Å². The maximum Gasteiger partial charge on any atom is 0.134 e. The molecule has 20 heavy (non-hydrogen) atoms. The van der Waals surface area contributed by atoms with Gasteiger partial charge in [0.1, 0.15) is 5.75 Å². The van der Waals surface area contributed by atoms with Crippen LogP contribution in [-0.2, 0) is 0 Å². The molecule has 2 rings (SSSR count). The lowest BCUT2D eigenvalue weighted by atomic mass is 10.1. The molecule has 0 atom stereocenters. The van der Waals surface area contributed by atoms with Gasteiger partial charge in [-0.3, -0.25) is 0 Å². The van der Waals surface area contributed by atoms with E-state index in [1.807, 2.05) is 6.07 Å². The summed E-state index contributed by atoms with van der Waals surface area (Å²) in [6, 6.07) is 6.11. The summed E-state index contributed by atoms with van der Waals surface area (Å²) >= 11 is 5.62. The first-order valence-electron chi connectivity index (χ1n) is 7.30. The van der Waals surface area contributed by atoms with Crippen molar-refractivity contribution < 1.29 is 4.74 Å². The van der Waals surface area contributed by atoms with Crippen LogP contribution in [0.5, 0.6) is 5.75 Å². The Labute approximate surface area is 127 Å². The third kappa shape index (κ3) is 4.74. The van der Waals surface area contributed by atoms with Gasteiger partial charge in [-0.1, -0.05) is 17.9 Å². The SMILES string of the molecule is Cc1ccc(OCCCN2CCCC2)c(C#CCCl)c1. The molecule has 1 heterocycles. The van der Waals surface area contributed by atoms with E-state index in [0.717, 1.165) is 30.9 Å². The number of likely N-dealkylation sites (tertiary alicyclic amines) is 1. The van der Waals surface area contributed by atoms with Gasteiger partial charge in [0, 0.05) is 6.54 Å². The number of rotatable bonds is 5. The minimum Gasteiger partial charge on any atom is -0.492 e. The Morgan fingerprint density at radius 3 is 2.85 bits per heavy atom. The van der Waals surface area contributed by atoms with Gasteiger partial charge < -0.3 is 9.64 Å². The first kappa shape index (κ1) is 15.2. The fourth-order valence-corrected chi connectivity index (χ4v) is 2.54. The molecule has 3 heteroatoms. The Kier molecular flexibility index (Phi) is 6.24. The molecule has 1 aliphatic heterocycles. The topological polar surface area (TPSA) is 12.5 Å². The lowest BCUT2D eigenvalue weighted by Gasteiger charge is -2.15. The first-order chi connectivity index (χ1) is 9.79. The second-order valence-corrected chi connectivity index (χ2v) is 5.45. The van der Waals surface area contributed by atoms with Crippen LogP contribution in [0.1, 0.15) is 30.4 Å². The van der Waals surface area contributed by atoms with Crippen molar-refractivity contribution in [3.63, 3.8) is 0 Å². The van der Waals surface area contributed by atoms with E-state index in [-0.39, 0.29) is 0 Å². The largest absolute Gasteiger partial charge is 0.492 e. The number of benzene rings is 1. The molecule has 1 saturated heterocycles. The van der Waals surface area contributed by atoms with Crippen LogP contribution in [0, 0.1) is 18.8 Å². The highest BCUT2D eigenvalue weighted by molar-refractivity contribution is 6.19. The zero-order valence-corrected chi connectivity index (χ0v) is 12.9. The zero-order valence-electron chi connectivity index (χ0n) is 12.1. The van der Waals surface area contributed by atoms with E-state index in [0.29, 0.717) is 5.88 Å². The fourth-order valence-electron chi connectivity index (χ4n) is 2.47. The molecule has 1 fully saturated rings. The summed E-state index contributed by atoms with van der Waals surface area (Å²) in [6.45, 7) is 6.43. The molecule has 0 bridgehead atoms. The van der Waals surface area contributed by atoms with E-state index >= 15 is 0 Å². The number of ether oxygens (including phenoxy) is 1. The highest BCUT2D eigenvalue weighted by Crippen LogP contribution is 2.19. The lowest BCUT2D eigenvalue weighted by Crippen LogP contribution is -2.21. The van der Waals surface area contributed by atoms with E-state index in [4.69, 9.17) is 16.3 Å². The summed E-state index contributed by atoms with van der Waals surface area (Å²) in [7, 11) is 0. The molecular formula is C17H22ClNO. The van der Waals surface area contributed by atoms with Crippen molar-refractivity contribution in [2.24, 2.45) is 0 Å². The Balaban J connectivity index is 1.84. The van der Waals surface area contributed by atoms with Crippen LogP contribution in [0.15, 0.2) is 18.2 Å².